The zero-order chi connectivity index (χ0) is 17.6. The van der Waals surface area contributed by atoms with Gasteiger partial charge in [0.15, 0.2) is 0 Å². The molecule has 25 heavy (non-hydrogen) atoms. The normalized spacial score (nSPS) is 12.2. The Morgan fingerprint density at radius 1 is 1.32 bits per heavy atom. The van der Waals surface area contributed by atoms with Crippen LogP contribution in [-0.2, 0) is 22.5 Å². The summed E-state index contributed by atoms with van der Waals surface area (Å²) in [5.74, 6) is 0. The largest absolute Gasteiger partial charge is 0.468 e. The molecular formula is C19H19ClN2O2S. The van der Waals surface area contributed by atoms with Crippen molar-refractivity contribution in [3.05, 3.63) is 52.8 Å². The van der Waals surface area contributed by atoms with Crippen molar-refractivity contribution in [1.29, 1.82) is 0 Å². The van der Waals surface area contributed by atoms with E-state index in [4.69, 9.17) is 11.6 Å². The van der Waals surface area contributed by atoms with E-state index in [9.17, 15) is 4.79 Å². The number of carbonyl (C=O) groups is 1. The van der Waals surface area contributed by atoms with E-state index < -0.39 is 0 Å². The zero-order valence-corrected chi connectivity index (χ0v) is 15.5. The summed E-state index contributed by atoms with van der Waals surface area (Å²) in [4.78, 5) is 14.5. The molecule has 0 spiro atoms. The molecule has 4 nitrogen and oxygen atoms in total. The Morgan fingerprint density at radius 2 is 2.12 bits per heavy atom. The number of carbonyl (C=O) groups excluding carboxylic acids is 1. The molecule has 0 bridgehead atoms. The number of aromatic nitrogens is 2. The first kappa shape index (κ1) is 17.7. The number of ether oxygens (including phenoxy) is 1. The van der Waals surface area contributed by atoms with Crippen molar-refractivity contribution in [2.45, 2.75) is 26.3 Å². The molecular weight excluding hydrogens is 356 g/mol. The average Bonchev–Trinajstić information content (AvgIpc) is 3.32. The minimum Gasteiger partial charge on any atom is -0.468 e. The lowest BCUT2D eigenvalue weighted by atomic mass is 10.1. The molecule has 0 N–H and O–H groups in total. The number of halogens is 1. The highest BCUT2D eigenvalue weighted by Crippen LogP contribution is 2.41. The van der Waals surface area contributed by atoms with Gasteiger partial charge in [-0.05, 0) is 55.7 Å². The number of pyridine rings is 1. The van der Waals surface area contributed by atoms with Crippen molar-refractivity contribution in [3.63, 3.8) is 0 Å². The quantitative estimate of drug-likeness (QED) is 0.599. The lowest BCUT2D eigenvalue weighted by molar-refractivity contribution is -0.128. The molecule has 0 atom stereocenters. The predicted molar refractivity (Wildman–Crippen MR) is 102 cm³/mol. The topological polar surface area (TPSA) is 44.1 Å². The summed E-state index contributed by atoms with van der Waals surface area (Å²) in [5, 5.41) is 0. The molecule has 0 amide bonds. The second-order valence-electron chi connectivity index (χ2n) is 5.54. The van der Waals surface area contributed by atoms with Crippen LogP contribution >= 0.6 is 22.9 Å². The van der Waals surface area contributed by atoms with E-state index in [1.807, 2.05) is 18.5 Å². The van der Waals surface area contributed by atoms with Gasteiger partial charge in [0.2, 0.25) is 0 Å². The van der Waals surface area contributed by atoms with Crippen LogP contribution in [-0.4, -0.2) is 22.6 Å². The number of rotatable bonds is 4. The summed E-state index contributed by atoms with van der Waals surface area (Å²) in [7, 11) is 0. The molecule has 3 aromatic rings. The molecule has 0 saturated heterocycles. The lowest BCUT2D eigenvalue weighted by Crippen LogP contribution is -1.94. The van der Waals surface area contributed by atoms with Crippen molar-refractivity contribution >= 4 is 29.4 Å². The molecule has 130 valence electrons. The molecule has 0 radical (unpaired) electrons. The maximum absolute atomic E-state index is 9.18. The van der Waals surface area contributed by atoms with Gasteiger partial charge in [-0.1, -0.05) is 11.6 Å². The fourth-order valence-corrected chi connectivity index (χ4v) is 4.12. The van der Waals surface area contributed by atoms with Crippen LogP contribution in [0, 0.1) is 0 Å². The summed E-state index contributed by atoms with van der Waals surface area (Å²) < 4.78 is 7.44. The first-order valence-corrected chi connectivity index (χ1v) is 9.37. The maximum atomic E-state index is 9.18. The number of nitrogens with zero attached hydrogens (tertiary/aromatic N) is 2. The van der Waals surface area contributed by atoms with Crippen LogP contribution in [0.25, 0.3) is 21.7 Å². The molecule has 0 aliphatic carbocycles. The molecule has 1 aliphatic rings. The van der Waals surface area contributed by atoms with Gasteiger partial charge in [-0.3, -0.25) is 9.78 Å². The highest BCUT2D eigenvalue weighted by atomic mass is 35.5. The zero-order valence-electron chi connectivity index (χ0n) is 13.9. The molecule has 0 aromatic carbocycles. The second-order valence-corrected chi connectivity index (χ2v) is 7.26. The third-order valence-electron chi connectivity index (χ3n) is 4.03. The Bertz CT molecular complexity index is 842. The van der Waals surface area contributed by atoms with E-state index in [-0.39, 0.29) is 0 Å². The summed E-state index contributed by atoms with van der Waals surface area (Å²) in [6.45, 7) is 3.77. The fourth-order valence-electron chi connectivity index (χ4n) is 3.01. The highest BCUT2D eigenvalue weighted by Gasteiger charge is 2.22. The minimum absolute atomic E-state index is 0.431. The highest BCUT2D eigenvalue weighted by molar-refractivity contribution is 7.19. The number of hydrogen-bond donors (Lipinski definition) is 0. The van der Waals surface area contributed by atoms with Gasteiger partial charge in [-0.15, -0.1) is 11.3 Å². The predicted octanol–water partition coefficient (Wildman–Crippen LogP) is 5.06. The second kappa shape index (κ2) is 8.32. The molecule has 3 aromatic heterocycles. The Kier molecular flexibility index (Phi) is 5.89. The number of thiophene rings is 1. The summed E-state index contributed by atoms with van der Waals surface area (Å²) in [6.07, 6.45) is 6.10. The van der Waals surface area contributed by atoms with Gasteiger partial charge < -0.3 is 9.30 Å². The van der Waals surface area contributed by atoms with Crippen LogP contribution in [0.5, 0.6) is 0 Å². The van der Waals surface area contributed by atoms with Crippen molar-refractivity contribution in [2.24, 2.45) is 0 Å². The van der Waals surface area contributed by atoms with Crippen molar-refractivity contribution < 1.29 is 9.53 Å². The van der Waals surface area contributed by atoms with E-state index in [0.717, 1.165) is 17.3 Å². The summed E-state index contributed by atoms with van der Waals surface area (Å²) >= 11 is 7.78. The summed E-state index contributed by atoms with van der Waals surface area (Å²) in [5.41, 5.74) is 5.25. The molecule has 0 unspecified atom stereocenters. The molecule has 1 aliphatic heterocycles. The molecule has 4 rings (SSSR count). The van der Waals surface area contributed by atoms with Crippen molar-refractivity contribution in [3.8, 4) is 21.7 Å². The minimum atomic E-state index is 0.431. The van der Waals surface area contributed by atoms with Crippen LogP contribution in [0.1, 0.15) is 19.0 Å². The number of fused-ring (bicyclic) bond motifs is 1. The fraction of sp³-hybridized carbons (Fsp3) is 0.263. The van der Waals surface area contributed by atoms with Gasteiger partial charge in [-0.25, -0.2) is 0 Å². The van der Waals surface area contributed by atoms with E-state index >= 15 is 0 Å². The summed E-state index contributed by atoms with van der Waals surface area (Å²) in [6, 6.07) is 10.6. The Hall–Kier alpha value is -2.11. The third-order valence-corrected chi connectivity index (χ3v) is 5.27. The first-order valence-electron chi connectivity index (χ1n) is 8.18. The number of aryl methyl sites for hydroxylation is 1. The Morgan fingerprint density at radius 3 is 2.72 bits per heavy atom. The average molecular weight is 375 g/mol. The van der Waals surface area contributed by atoms with Crippen molar-refractivity contribution in [2.75, 3.05) is 6.61 Å². The van der Waals surface area contributed by atoms with E-state index in [1.54, 1.807) is 18.3 Å². The standard InChI is InChI=1S/C16H13ClN2S.C3H6O2/c17-15-4-3-14(20-15)16-13(11-5-7-18-8-6-11)10-12-2-1-9-19(12)16;1-2-5-3-4/h3-8,10H,1-2,9H2;3H,2H2,1H3. The molecule has 4 heterocycles. The Labute approximate surface area is 156 Å². The molecule has 0 saturated carbocycles. The van der Waals surface area contributed by atoms with Gasteiger partial charge >= 0.3 is 0 Å². The van der Waals surface area contributed by atoms with Gasteiger partial charge in [0.05, 0.1) is 21.5 Å². The Balaban J connectivity index is 0.000000324. The van der Waals surface area contributed by atoms with Gasteiger partial charge in [0.25, 0.3) is 6.47 Å². The van der Waals surface area contributed by atoms with Crippen LogP contribution < -0.4 is 0 Å². The van der Waals surface area contributed by atoms with E-state index in [2.05, 4.69) is 38.6 Å². The van der Waals surface area contributed by atoms with Crippen LogP contribution in [0.3, 0.4) is 0 Å². The SMILES string of the molecule is CCOC=O.Clc1ccc(-c2c(-c3ccncc3)cc3n2CCC3)s1. The van der Waals surface area contributed by atoms with E-state index in [1.165, 1.54) is 33.8 Å². The van der Waals surface area contributed by atoms with Crippen LogP contribution in [0.2, 0.25) is 4.34 Å². The van der Waals surface area contributed by atoms with Crippen molar-refractivity contribution in [1.82, 2.24) is 9.55 Å². The maximum Gasteiger partial charge on any atom is 0.293 e. The molecule has 6 heteroatoms. The lowest BCUT2D eigenvalue weighted by Gasteiger charge is -2.08. The van der Waals surface area contributed by atoms with Gasteiger partial charge in [0.1, 0.15) is 0 Å². The monoisotopic (exact) mass is 374 g/mol. The van der Waals surface area contributed by atoms with Gasteiger partial charge in [-0.2, -0.15) is 0 Å². The first-order chi connectivity index (χ1) is 12.2. The van der Waals surface area contributed by atoms with Gasteiger partial charge in [0, 0.05) is 30.2 Å². The molecule has 0 fully saturated rings. The van der Waals surface area contributed by atoms with Crippen LogP contribution in [0.15, 0.2) is 42.7 Å². The third kappa shape index (κ3) is 3.94. The smallest absolute Gasteiger partial charge is 0.293 e. The van der Waals surface area contributed by atoms with E-state index in [0.29, 0.717) is 13.1 Å². The number of hydrogen-bond acceptors (Lipinski definition) is 4. The van der Waals surface area contributed by atoms with Crippen LogP contribution in [0.4, 0.5) is 0 Å².